The molecule has 1 saturated heterocycles. The van der Waals surface area contributed by atoms with E-state index in [4.69, 9.17) is 10.5 Å². The Kier molecular flexibility index (Phi) is 6.05. The molecule has 1 amide bonds. The highest BCUT2D eigenvalue weighted by Gasteiger charge is 2.28. The second-order valence-electron chi connectivity index (χ2n) is 4.54. The van der Waals surface area contributed by atoms with E-state index in [0.717, 1.165) is 5.56 Å². The fourth-order valence-electron chi connectivity index (χ4n) is 2.03. The molecule has 1 fully saturated rings. The molecule has 4 nitrogen and oxygen atoms in total. The highest BCUT2D eigenvalue weighted by atomic mass is 35.5. The van der Waals surface area contributed by atoms with E-state index in [9.17, 15) is 9.18 Å². The summed E-state index contributed by atoms with van der Waals surface area (Å²) in [6, 6.07) is 9.07. The van der Waals surface area contributed by atoms with Crippen LogP contribution in [0.5, 0.6) is 0 Å². The Bertz CT molecular complexity index is 395. The van der Waals surface area contributed by atoms with Crippen molar-refractivity contribution in [1.82, 2.24) is 4.90 Å². The van der Waals surface area contributed by atoms with Gasteiger partial charge in [0.2, 0.25) is 0 Å². The molecule has 6 heteroatoms. The molecule has 0 bridgehead atoms. The third-order valence-corrected chi connectivity index (χ3v) is 2.90. The molecule has 2 rings (SSSR count). The summed E-state index contributed by atoms with van der Waals surface area (Å²) in [6.07, 6.45) is -1.25. The van der Waals surface area contributed by atoms with E-state index in [1.54, 1.807) is 0 Å². The lowest BCUT2D eigenvalue weighted by Gasteiger charge is -2.32. The molecule has 1 aromatic carbocycles. The molecule has 19 heavy (non-hydrogen) atoms. The van der Waals surface area contributed by atoms with Crippen molar-refractivity contribution >= 4 is 18.5 Å². The van der Waals surface area contributed by atoms with Gasteiger partial charge in [0.15, 0.2) is 0 Å². The van der Waals surface area contributed by atoms with E-state index < -0.39 is 12.3 Å². The molecule has 2 unspecified atom stereocenters. The minimum atomic E-state index is -1.06. The number of alkyl halides is 1. The molecular weight excluding hydrogens is 271 g/mol. The van der Waals surface area contributed by atoms with Crippen LogP contribution < -0.4 is 5.73 Å². The van der Waals surface area contributed by atoms with Crippen molar-refractivity contribution < 1.29 is 13.9 Å². The van der Waals surface area contributed by atoms with Crippen LogP contribution in [0.25, 0.3) is 0 Å². The molecule has 0 aromatic heterocycles. The van der Waals surface area contributed by atoms with Gasteiger partial charge in [-0.25, -0.2) is 9.18 Å². The van der Waals surface area contributed by atoms with Gasteiger partial charge in [-0.15, -0.1) is 12.4 Å². The van der Waals surface area contributed by atoms with Crippen molar-refractivity contribution in [3.63, 3.8) is 0 Å². The van der Waals surface area contributed by atoms with Crippen molar-refractivity contribution in [2.24, 2.45) is 5.73 Å². The topological polar surface area (TPSA) is 55.6 Å². The fraction of sp³-hybridized carbons (Fsp3) is 0.462. The molecule has 0 radical (unpaired) electrons. The maximum absolute atomic E-state index is 13.3. The minimum absolute atomic E-state index is 0. The lowest BCUT2D eigenvalue weighted by molar-refractivity contribution is 0.0666. The van der Waals surface area contributed by atoms with Gasteiger partial charge in [-0.3, -0.25) is 0 Å². The van der Waals surface area contributed by atoms with Crippen LogP contribution in [-0.4, -0.2) is 36.3 Å². The number of hydrogen-bond acceptors (Lipinski definition) is 3. The number of rotatable bonds is 2. The van der Waals surface area contributed by atoms with Crippen LogP contribution >= 0.6 is 12.4 Å². The Hall–Kier alpha value is -1.33. The zero-order chi connectivity index (χ0) is 13.0. The van der Waals surface area contributed by atoms with Gasteiger partial charge in [-0.05, 0) is 12.0 Å². The first-order valence-corrected chi connectivity index (χ1v) is 6.00. The first-order valence-electron chi connectivity index (χ1n) is 6.00. The van der Waals surface area contributed by atoms with Gasteiger partial charge in [0.05, 0.1) is 6.54 Å². The van der Waals surface area contributed by atoms with Gasteiger partial charge in [-0.1, -0.05) is 30.3 Å². The van der Waals surface area contributed by atoms with Gasteiger partial charge < -0.3 is 15.4 Å². The summed E-state index contributed by atoms with van der Waals surface area (Å²) in [7, 11) is 0. The van der Waals surface area contributed by atoms with Crippen molar-refractivity contribution in [2.45, 2.75) is 25.2 Å². The summed E-state index contributed by atoms with van der Waals surface area (Å²) in [5.74, 6) is 0. The van der Waals surface area contributed by atoms with E-state index in [1.165, 1.54) is 4.90 Å². The summed E-state index contributed by atoms with van der Waals surface area (Å²) in [4.78, 5) is 13.1. The largest absolute Gasteiger partial charge is 0.445 e. The van der Waals surface area contributed by atoms with Crippen LogP contribution in [0.4, 0.5) is 9.18 Å². The summed E-state index contributed by atoms with van der Waals surface area (Å²) in [5.41, 5.74) is 6.58. The third kappa shape index (κ3) is 4.69. The smallest absolute Gasteiger partial charge is 0.410 e. The molecule has 0 aliphatic carbocycles. The number of hydrogen-bond donors (Lipinski definition) is 1. The molecule has 1 heterocycles. The Morgan fingerprint density at radius 2 is 2.05 bits per heavy atom. The van der Waals surface area contributed by atoms with Gasteiger partial charge in [0.1, 0.15) is 12.8 Å². The lowest BCUT2D eigenvalue weighted by Crippen LogP contribution is -2.50. The molecule has 1 aromatic rings. The maximum atomic E-state index is 13.3. The van der Waals surface area contributed by atoms with Crippen LogP contribution in [0.1, 0.15) is 12.0 Å². The predicted molar refractivity (Wildman–Crippen MR) is 72.9 cm³/mol. The van der Waals surface area contributed by atoms with Gasteiger partial charge >= 0.3 is 6.09 Å². The number of benzene rings is 1. The lowest BCUT2D eigenvalue weighted by atomic mass is 10.1. The Balaban J connectivity index is 0.00000180. The average molecular weight is 289 g/mol. The number of piperidine rings is 1. The number of halogens is 2. The van der Waals surface area contributed by atoms with Crippen molar-refractivity contribution in [1.29, 1.82) is 0 Å². The van der Waals surface area contributed by atoms with E-state index in [-0.39, 0.29) is 31.6 Å². The van der Waals surface area contributed by atoms with Gasteiger partial charge in [0.25, 0.3) is 0 Å². The molecule has 0 spiro atoms. The Labute approximate surface area is 118 Å². The monoisotopic (exact) mass is 288 g/mol. The fourth-order valence-corrected chi connectivity index (χ4v) is 2.03. The third-order valence-electron chi connectivity index (χ3n) is 2.90. The first-order chi connectivity index (χ1) is 8.65. The van der Waals surface area contributed by atoms with Crippen LogP contribution in [0, 0.1) is 0 Å². The molecule has 1 aliphatic rings. The predicted octanol–water partition coefficient (Wildman–Crippen LogP) is 2.12. The number of ether oxygens (including phenoxy) is 1. The normalized spacial score (nSPS) is 22.5. The second kappa shape index (κ2) is 7.31. The zero-order valence-corrected chi connectivity index (χ0v) is 11.3. The van der Waals surface area contributed by atoms with E-state index in [0.29, 0.717) is 13.0 Å². The maximum Gasteiger partial charge on any atom is 0.410 e. The van der Waals surface area contributed by atoms with E-state index in [1.807, 2.05) is 30.3 Å². The quantitative estimate of drug-likeness (QED) is 0.907. The van der Waals surface area contributed by atoms with Crippen LogP contribution in [0.15, 0.2) is 30.3 Å². The van der Waals surface area contributed by atoms with Crippen LogP contribution in [-0.2, 0) is 11.3 Å². The zero-order valence-electron chi connectivity index (χ0n) is 10.5. The SMILES string of the molecule is Cl.NC1CC(F)CN(C(=O)OCc2ccccc2)C1. The number of carbonyl (C=O) groups is 1. The molecule has 1 aliphatic heterocycles. The molecule has 0 saturated carbocycles. The summed E-state index contributed by atoms with van der Waals surface area (Å²) >= 11 is 0. The molecule has 2 N–H and O–H groups in total. The highest BCUT2D eigenvalue weighted by molar-refractivity contribution is 5.85. The van der Waals surface area contributed by atoms with Gasteiger partial charge in [-0.2, -0.15) is 0 Å². The van der Waals surface area contributed by atoms with Crippen molar-refractivity contribution in [3.8, 4) is 0 Å². The highest BCUT2D eigenvalue weighted by Crippen LogP contribution is 2.14. The van der Waals surface area contributed by atoms with Crippen molar-refractivity contribution in [3.05, 3.63) is 35.9 Å². The van der Waals surface area contributed by atoms with E-state index >= 15 is 0 Å². The molecule has 2 atom stereocenters. The first kappa shape index (κ1) is 15.7. The summed E-state index contributed by atoms with van der Waals surface area (Å²) < 4.78 is 18.4. The van der Waals surface area contributed by atoms with Gasteiger partial charge in [0, 0.05) is 12.6 Å². The van der Waals surface area contributed by atoms with Crippen LogP contribution in [0.3, 0.4) is 0 Å². The van der Waals surface area contributed by atoms with Crippen LogP contribution in [0.2, 0.25) is 0 Å². The standard InChI is InChI=1S/C13H17FN2O2.ClH/c14-11-6-12(15)8-16(7-11)13(17)18-9-10-4-2-1-3-5-10;/h1-5,11-12H,6-9,15H2;1H. The molecular formula is C13H18ClFN2O2. The number of likely N-dealkylation sites (tertiary alicyclic amines) is 1. The number of nitrogens with two attached hydrogens (primary N) is 1. The van der Waals surface area contributed by atoms with Crippen molar-refractivity contribution in [2.75, 3.05) is 13.1 Å². The Morgan fingerprint density at radius 1 is 1.37 bits per heavy atom. The van der Waals surface area contributed by atoms with E-state index in [2.05, 4.69) is 0 Å². The summed E-state index contributed by atoms with van der Waals surface area (Å²) in [5, 5.41) is 0. The second-order valence-corrected chi connectivity index (χ2v) is 4.54. The minimum Gasteiger partial charge on any atom is -0.445 e. The Morgan fingerprint density at radius 3 is 2.68 bits per heavy atom. The number of carbonyl (C=O) groups excluding carboxylic acids is 1. The number of nitrogens with zero attached hydrogens (tertiary/aromatic N) is 1. The summed E-state index contributed by atoms with van der Waals surface area (Å²) in [6.45, 7) is 0.623. The average Bonchev–Trinajstić information content (AvgIpc) is 2.36. The molecule has 106 valence electrons. The number of amides is 1.